The van der Waals surface area contributed by atoms with E-state index < -0.39 is 0 Å². The summed E-state index contributed by atoms with van der Waals surface area (Å²) in [5.41, 5.74) is 0. The summed E-state index contributed by atoms with van der Waals surface area (Å²) in [7, 11) is 0. The number of rotatable bonds is 3. The van der Waals surface area contributed by atoms with Crippen LogP contribution in [-0.4, -0.2) is 25.3 Å². The summed E-state index contributed by atoms with van der Waals surface area (Å²) in [6.07, 6.45) is 9.05. The fraction of sp³-hybridized carbons (Fsp3) is 1.00. The van der Waals surface area contributed by atoms with Gasteiger partial charge in [-0.1, -0.05) is 33.1 Å². The molecule has 94 valence electrons. The van der Waals surface area contributed by atoms with Gasteiger partial charge in [0.1, 0.15) is 0 Å². The largest absolute Gasteiger partial charge is 0.374 e. The van der Waals surface area contributed by atoms with Crippen molar-refractivity contribution in [1.29, 1.82) is 0 Å². The Bertz CT molecular complexity index is 207. The van der Waals surface area contributed by atoms with Crippen molar-refractivity contribution in [2.75, 3.05) is 13.1 Å². The molecule has 2 fully saturated rings. The van der Waals surface area contributed by atoms with Crippen LogP contribution in [0.15, 0.2) is 0 Å². The summed E-state index contributed by atoms with van der Waals surface area (Å²) < 4.78 is 6.41. The van der Waals surface area contributed by atoms with Crippen molar-refractivity contribution >= 4 is 0 Å². The molecular formula is C14H27NO. The minimum Gasteiger partial charge on any atom is -0.374 e. The Morgan fingerprint density at radius 1 is 1.12 bits per heavy atom. The molecule has 0 aromatic carbocycles. The normalized spacial score (nSPS) is 40.9. The summed E-state index contributed by atoms with van der Waals surface area (Å²) in [5, 5.41) is 3.45. The smallest absolute Gasteiger partial charge is 0.0628 e. The van der Waals surface area contributed by atoms with Crippen LogP contribution >= 0.6 is 0 Å². The molecule has 16 heavy (non-hydrogen) atoms. The number of ether oxygens (including phenoxy) is 1. The van der Waals surface area contributed by atoms with E-state index in [1.54, 1.807) is 0 Å². The Kier molecular flexibility index (Phi) is 4.66. The maximum atomic E-state index is 6.41. The van der Waals surface area contributed by atoms with Crippen molar-refractivity contribution in [3.8, 4) is 0 Å². The third-order valence-electron chi connectivity index (χ3n) is 4.42. The monoisotopic (exact) mass is 225 g/mol. The van der Waals surface area contributed by atoms with E-state index in [4.69, 9.17) is 4.74 Å². The van der Waals surface area contributed by atoms with E-state index in [1.807, 2.05) is 0 Å². The van der Waals surface area contributed by atoms with Gasteiger partial charge in [0.15, 0.2) is 0 Å². The Balaban J connectivity index is 1.86. The molecule has 0 bridgehead atoms. The summed E-state index contributed by atoms with van der Waals surface area (Å²) >= 11 is 0. The van der Waals surface area contributed by atoms with Crippen LogP contribution in [0.5, 0.6) is 0 Å². The van der Waals surface area contributed by atoms with E-state index in [1.165, 1.54) is 38.5 Å². The van der Waals surface area contributed by atoms with E-state index in [0.717, 1.165) is 19.0 Å². The standard InChI is InChI=1S/C14H27NO/c1-3-12-6-4-5-7-14(12)16-13-8-9-15-10-11(13)2/h11-15H,3-10H2,1-2H3. The zero-order valence-electron chi connectivity index (χ0n) is 10.9. The fourth-order valence-electron chi connectivity index (χ4n) is 3.24. The molecule has 1 aliphatic carbocycles. The second-order valence-corrected chi connectivity index (χ2v) is 5.64. The number of nitrogens with one attached hydrogen (secondary N) is 1. The lowest BCUT2D eigenvalue weighted by atomic mass is 9.84. The molecule has 1 heterocycles. The van der Waals surface area contributed by atoms with Gasteiger partial charge in [0.05, 0.1) is 12.2 Å². The Morgan fingerprint density at radius 2 is 1.94 bits per heavy atom. The van der Waals surface area contributed by atoms with E-state index >= 15 is 0 Å². The highest BCUT2D eigenvalue weighted by molar-refractivity contribution is 4.81. The van der Waals surface area contributed by atoms with Crippen LogP contribution in [0.4, 0.5) is 0 Å². The Labute approximate surface area is 100 Å². The maximum absolute atomic E-state index is 6.41. The maximum Gasteiger partial charge on any atom is 0.0628 e. The van der Waals surface area contributed by atoms with Crippen LogP contribution in [0.25, 0.3) is 0 Å². The Morgan fingerprint density at radius 3 is 2.69 bits per heavy atom. The number of piperidine rings is 1. The molecule has 1 aliphatic heterocycles. The lowest BCUT2D eigenvalue weighted by Crippen LogP contribution is -2.43. The zero-order chi connectivity index (χ0) is 11.4. The SMILES string of the molecule is CCC1CCCCC1OC1CCNCC1C. The summed E-state index contributed by atoms with van der Waals surface area (Å²) in [6, 6.07) is 0. The van der Waals surface area contributed by atoms with Gasteiger partial charge in [-0.25, -0.2) is 0 Å². The van der Waals surface area contributed by atoms with Gasteiger partial charge in [-0.2, -0.15) is 0 Å². The molecular weight excluding hydrogens is 198 g/mol. The second-order valence-electron chi connectivity index (χ2n) is 5.64. The van der Waals surface area contributed by atoms with E-state index in [0.29, 0.717) is 18.1 Å². The van der Waals surface area contributed by atoms with Gasteiger partial charge < -0.3 is 10.1 Å². The molecule has 4 unspecified atom stereocenters. The van der Waals surface area contributed by atoms with Crippen molar-refractivity contribution in [2.45, 2.75) is 64.6 Å². The molecule has 2 rings (SSSR count). The third-order valence-corrected chi connectivity index (χ3v) is 4.42. The van der Waals surface area contributed by atoms with Gasteiger partial charge in [0.2, 0.25) is 0 Å². The molecule has 1 saturated carbocycles. The predicted octanol–water partition coefficient (Wildman–Crippen LogP) is 2.97. The lowest BCUT2D eigenvalue weighted by Gasteiger charge is -2.37. The van der Waals surface area contributed by atoms with Gasteiger partial charge >= 0.3 is 0 Å². The first-order valence-corrected chi connectivity index (χ1v) is 7.17. The second kappa shape index (κ2) is 6.02. The van der Waals surface area contributed by atoms with Crippen LogP contribution in [-0.2, 0) is 4.74 Å². The average molecular weight is 225 g/mol. The predicted molar refractivity (Wildman–Crippen MR) is 67.6 cm³/mol. The molecule has 2 nitrogen and oxygen atoms in total. The zero-order valence-corrected chi connectivity index (χ0v) is 10.9. The van der Waals surface area contributed by atoms with Crippen molar-refractivity contribution in [3.05, 3.63) is 0 Å². The minimum atomic E-state index is 0.512. The van der Waals surface area contributed by atoms with Crippen molar-refractivity contribution in [1.82, 2.24) is 5.32 Å². The van der Waals surface area contributed by atoms with E-state index in [-0.39, 0.29) is 0 Å². The summed E-state index contributed by atoms with van der Waals surface area (Å²) in [6.45, 7) is 6.91. The van der Waals surface area contributed by atoms with Gasteiger partial charge in [-0.3, -0.25) is 0 Å². The van der Waals surface area contributed by atoms with E-state index in [2.05, 4.69) is 19.2 Å². The van der Waals surface area contributed by atoms with Crippen molar-refractivity contribution in [3.63, 3.8) is 0 Å². The highest BCUT2D eigenvalue weighted by atomic mass is 16.5. The van der Waals surface area contributed by atoms with Gasteiger partial charge in [-0.05, 0) is 37.6 Å². The minimum absolute atomic E-state index is 0.512. The molecule has 1 saturated heterocycles. The lowest BCUT2D eigenvalue weighted by molar-refractivity contribution is -0.0890. The first-order chi connectivity index (χ1) is 7.81. The topological polar surface area (TPSA) is 21.3 Å². The third kappa shape index (κ3) is 2.98. The van der Waals surface area contributed by atoms with Crippen LogP contribution in [0.3, 0.4) is 0 Å². The molecule has 1 N–H and O–H groups in total. The highest BCUT2D eigenvalue weighted by Crippen LogP contribution is 2.31. The molecule has 0 spiro atoms. The van der Waals surface area contributed by atoms with Crippen LogP contribution in [0.2, 0.25) is 0 Å². The van der Waals surface area contributed by atoms with Gasteiger partial charge in [0.25, 0.3) is 0 Å². The summed E-state index contributed by atoms with van der Waals surface area (Å²) in [5.74, 6) is 1.52. The van der Waals surface area contributed by atoms with Crippen LogP contribution in [0, 0.1) is 11.8 Å². The first kappa shape index (κ1) is 12.4. The molecule has 0 aromatic rings. The Hall–Kier alpha value is -0.0800. The molecule has 0 amide bonds. The first-order valence-electron chi connectivity index (χ1n) is 7.17. The highest BCUT2D eigenvalue weighted by Gasteiger charge is 2.30. The van der Waals surface area contributed by atoms with Gasteiger partial charge in [-0.15, -0.1) is 0 Å². The van der Waals surface area contributed by atoms with Crippen LogP contribution < -0.4 is 5.32 Å². The quantitative estimate of drug-likeness (QED) is 0.797. The summed E-state index contributed by atoms with van der Waals surface area (Å²) in [4.78, 5) is 0. The number of hydrogen-bond donors (Lipinski definition) is 1. The van der Waals surface area contributed by atoms with Gasteiger partial charge in [0, 0.05) is 6.54 Å². The van der Waals surface area contributed by atoms with Crippen LogP contribution in [0.1, 0.15) is 52.4 Å². The fourth-order valence-corrected chi connectivity index (χ4v) is 3.24. The average Bonchev–Trinajstić information content (AvgIpc) is 2.33. The molecule has 2 heteroatoms. The molecule has 0 aromatic heterocycles. The van der Waals surface area contributed by atoms with E-state index in [9.17, 15) is 0 Å². The van der Waals surface area contributed by atoms with Crippen molar-refractivity contribution < 1.29 is 4.74 Å². The molecule has 0 radical (unpaired) electrons. The molecule has 4 atom stereocenters. The van der Waals surface area contributed by atoms with Crippen molar-refractivity contribution in [2.24, 2.45) is 11.8 Å². The number of hydrogen-bond acceptors (Lipinski definition) is 2. The molecule has 2 aliphatic rings.